The molecule has 5 heteroatoms. The standard InChI is InChI=1S/C25H25FN2O2/c1-3-18-10-12-19(13-11-18)25(21-7-4-8-22(26)14-21)27-16-24(30)28-23-9-5-6-20(15-23)17(2)29/h4-15,25,27H,3,16H2,1-2H3,(H,28,30)/p+1/t25-/m0/s1. The highest BCUT2D eigenvalue weighted by Gasteiger charge is 2.20. The molecule has 0 aromatic heterocycles. The van der Waals surface area contributed by atoms with Crippen LogP contribution >= 0.6 is 0 Å². The number of ketones is 1. The molecule has 0 aliphatic heterocycles. The SMILES string of the molecule is CCc1ccc([C@H]([NH2+]CC(=O)Nc2cccc(C(C)=O)c2)c2cccc(F)c2)cc1. The Morgan fingerprint density at radius 3 is 2.37 bits per heavy atom. The van der Waals surface area contributed by atoms with Crippen molar-refractivity contribution in [3.8, 4) is 0 Å². The number of nitrogens with one attached hydrogen (secondary N) is 1. The minimum Gasteiger partial charge on any atom is -0.328 e. The maximum Gasteiger partial charge on any atom is 0.279 e. The second-order valence-electron chi connectivity index (χ2n) is 7.25. The van der Waals surface area contributed by atoms with Gasteiger partial charge in [-0.15, -0.1) is 0 Å². The van der Waals surface area contributed by atoms with Crippen LogP contribution in [0, 0.1) is 5.82 Å². The number of carbonyl (C=O) groups excluding carboxylic acids is 2. The van der Waals surface area contributed by atoms with Gasteiger partial charge in [-0.2, -0.15) is 0 Å². The van der Waals surface area contributed by atoms with E-state index < -0.39 is 0 Å². The Balaban J connectivity index is 1.75. The molecule has 0 radical (unpaired) electrons. The molecular weight excluding hydrogens is 379 g/mol. The Labute approximate surface area is 176 Å². The van der Waals surface area contributed by atoms with Crippen molar-refractivity contribution in [3.63, 3.8) is 0 Å². The van der Waals surface area contributed by atoms with E-state index in [0.717, 1.165) is 17.5 Å². The van der Waals surface area contributed by atoms with E-state index in [4.69, 9.17) is 0 Å². The van der Waals surface area contributed by atoms with E-state index in [0.29, 0.717) is 11.3 Å². The van der Waals surface area contributed by atoms with Crippen LogP contribution in [0.15, 0.2) is 72.8 Å². The number of halogens is 1. The summed E-state index contributed by atoms with van der Waals surface area (Å²) in [5, 5.41) is 4.72. The van der Waals surface area contributed by atoms with Gasteiger partial charge in [0.05, 0.1) is 0 Å². The Morgan fingerprint density at radius 2 is 1.70 bits per heavy atom. The zero-order chi connectivity index (χ0) is 21.5. The summed E-state index contributed by atoms with van der Waals surface area (Å²) in [6.45, 7) is 3.74. The maximum atomic E-state index is 13.8. The van der Waals surface area contributed by atoms with E-state index in [2.05, 4.69) is 24.4 Å². The van der Waals surface area contributed by atoms with Crippen molar-refractivity contribution in [1.29, 1.82) is 0 Å². The van der Waals surface area contributed by atoms with Crippen LogP contribution in [-0.2, 0) is 11.2 Å². The van der Waals surface area contributed by atoms with E-state index in [1.54, 1.807) is 30.3 Å². The van der Waals surface area contributed by atoms with E-state index in [-0.39, 0.29) is 30.1 Å². The molecule has 0 saturated heterocycles. The topological polar surface area (TPSA) is 62.8 Å². The van der Waals surface area contributed by atoms with Crippen molar-refractivity contribution in [2.75, 3.05) is 11.9 Å². The molecule has 1 atom stereocenters. The second kappa shape index (κ2) is 9.94. The first kappa shape index (κ1) is 21.4. The second-order valence-corrected chi connectivity index (χ2v) is 7.25. The molecule has 0 fully saturated rings. The molecule has 3 rings (SSSR count). The molecule has 3 aromatic rings. The van der Waals surface area contributed by atoms with Crippen LogP contribution in [-0.4, -0.2) is 18.2 Å². The lowest BCUT2D eigenvalue weighted by Gasteiger charge is -2.17. The first-order valence-corrected chi connectivity index (χ1v) is 10.0. The molecule has 0 unspecified atom stereocenters. The van der Waals surface area contributed by atoms with Crippen molar-refractivity contribution in [1.82, 2.24) is 0 Å². The Kier molecular flexibility index (Phi) is 7.09. The summed E-state index contributed by atoms with van der Waals surface area (Å²) in [7, 11) is 0. The number of benzene rings is 3. The van der Waals surface area contributed by atoms with E-state index in [9.17, 15) is 14.0 Å². The first-order valence-electron chi connectivity index (χ1n) is 10.0. The first-order chi connectivity index (χ1) is 14.5. The molecule has 0 saturated carbocycles. The number of amides is 1. The van der Waals surface area contributed by atoms with Crippen molar-refractivity contribution in [3.05, 3.63) is 101 Å². The third-order valence-corrected chi connectivity index (χ3v) is 5.05. The quantitative estimate of drug-likeness (QED) is 0.559. The van der Waals surface area contributed by atoms with Crippen molar-refractivity contribution < 1.29 is 19.3 Å². The minimum atomic E-state index is -0.304. The fourth-order valence-corrected chi connectivity index (χ4v) is 3.38. The number of Topliss-reactive ketones (excluding diaryl/α,β-unsaturated/α-hetero) is 1. The summed E-state index contributed by atoms with van der Waals surface area (Å²) in [4.78, 5) is 24.1. The van der Waals surface area contributed by atoms with E-state index >= 15 is 0 Å². The number of rotatable bonds is 8. The van der Waals surface area contributed by atoms with Crippen LogP contribution in [0.3, 0.4) is 0 Å². The molecule has 0 bridgehead atoms. The molecule has 30 heavy (non-hydrogen) atoms. The van der Waals surface area contributed by atoms with Crippen LogP contribution in [0.2, 0.25) is 0 Å². The number of anilines is 1. The predicted molar refractivity (Wildman–Crippen MR) is 116 cm³/mol. The highest BCUT2D eigenvalue weighted by atomic mass is 19.1. The van der Waals surface area contributed by atoms with Gasteiger partial charge in [-0.1, -0.05) is 55.5 Å². The third kappa shape index (κ3) is 5.61. The molecule has 0 aliphatic rings. The summed E-state index contributed by atoms with van der Waals surface area (Å²) >= 11 is 0. The number of quaternary nitrogens is 1. The number of aryl methyl sites for hydroxylation is 1. The molecule has 0 spiro atoms. The van der Waals surface area contributed by atoms with Crippen LogP contribution in [0.5, 0.6) is 0 Å². The lowest BCUT2D eigenvalue weighted by molar-refractivity contribution is -0.676. The van der Waals surface area contributed by atoms with Crippen LogP contribution in [0.1, 0.15) is 46.9 Å². The normalized spacial score (nSPS) is 11.7. The molecule has 0 aliphatic carbocycles. The van der Waals surface area contributed by atoms with Crippen LogP contribution in [0.4, 0.5) is 10.1 Å². The average Bonchev–Trinajstić information content (AvgIpc) is 2.74. The Bertz CT molecular complexity index is 1030. The van der Waals surface area contributed by atoms with E-state index in [1.807, 2.05) is 23.5 Å². The lowest BCUT2D eigenvalue weighted by Crippen LogP contribution is -2.87. The summed E-state index contributed by atoms with van der Waals surface area (Å²) in [6.07, 6.45) is 0.941. The Morgan fingerprint density at radius 1 is 0.967 bits per heavy atom. The molecule has 0 heterocycles. The van der Waals surface area contributed by atoms with Crippen molar-refractivity contribution in [2.24, 2.45) is 0 Å². The minimum absolute atomic E-state index is 0.0562. The largest absolute Gasteiger partial charge is 0.328 e. The number of hydrogen-bond donors (Lipinski definition) is 2. The monoisotopic (exact) mass is 405 g/mol. The van der Waals surface area contributed by atoms with Gasteiger partial charge >= 0.3 is 0 Å². The average molecular weight is 405 g/mol. The highest BCUT2D eigenvalue weighted by molar-refractivity contribution is 5.97. The molecule has 1 amide bonds. The van der Waals surface area contributed by atoms with Crippen molar-refractivity contribution >= 4 is 17.4 Å². The number of nitrogens with two attached hydrogens (primary N) is 1. The van der Waals surface area contributed by atoms with Crippen LogP contribution in [0.25, 0.3) is 0 Å². The van der Waals surface area contributed by atoms with Gasteiger partial charge in [-0.25, -0.2) is 4.39 Å². The third-order valence-electron chi connectivity index (χ3n) is 5.05. The number of carbonyl (C=O) groups is 2. The molecule has 3 aromatic carbocycles. The lowest BCUT2D eigenvalue weighted by atomic mass is 9.97. The summed E-state index contributed by atoms with van der Waals surface area (Å²) in [5.41, 5.74) is 4.15. The van der Waals surface area contributed by atoms with Gasteiger partial charge in [0.1, 0.15) is 11.9 Å². The van der Waals surface area contributed by atoms with Gasteiger partial charge < -0.3 is 10.6 Å². The maximum absolute atomic E-state index is 13.8. The summed E-state index contributed by atoms with van der Waals surface area (Å²) in [6, 6.07) is 21.3. The highest BCUT2D eigenvalue weighted by Crippen LogP contribution is 2.20. The fraction of sp³-hybridized carbons (Fsp3) is 0.200. The molecule has 3 N–H and O–H groups in total. The molecule has 154 valence electrons. The molecular formula is C25H26FN2O2+. The summed E-state index contributed by atoms with van der Waals surface area (Å²) in [5.74, 6) is -0.553. The van der Waals surface area contributed by atoms with Gasteiger partial charge in [0.25, 0.3) is 5.91 Å². The number of hydrogen-bond acceptors (Lipinski definition) is 2. The zero-order valence-electron chi connectivity index (χ0n) is 17.2. The van der Waals surface area contributed by atoms with Gasteiger partial charge in [-0.05, 0) is 43.2 Å². The zero-order valence-corrected chi connectivity index (χ0v) is 17.2. The Hall–Kier alpha value is -3.31. The van der Waals surface area contributed by atoms with Crippen molar-refractivity contribution in [2.45, 2.75) is 26.3 Å². The predicted octanol–water partition coefficient (Wildman–Crippen LogP) is 3.88. The van der Waals surface area contributed by atoms with Gasteiger partial charge in [-0.3, -0.25) is 9.59 Å². The van der Waals surface area contributed by atoms with Gasteiger partial charge in [0, 0.05) is 22.4 Å². The summed E-state index contributed by atoms with van der Waals surface area (Å²) < 4.78 is 13.8. The van der Waals surface area contributed by atoms with Gasteiger partial charge in [0.15, 0.2) is 12.3 Å². The smallest absolute Gasteiger partial charge is 0.279 e. The van der Waals surface area contributed by atoms with E-state index in [1.165, 1.54) is 24.6 Å². The fourth-order valence-electron chi connectivity index (χ4n) is 3.38. The molecule has 4 nitrogen and oxygen atoms in total. The van der Waals surface area contributed by atoms with Crippen LogP contribution < -0.4 is 10.6 Å². The van der Waals surface area contributed by atoms with Gasteiger partial charge in [0.2, 0.25) is 0 Å².